The third-order valence-electron chi connectivity index (χ3n) is 1.82. The Bertz CT molecular complexity index is 542. The van der Waals surface area contributed by atoms with Gasteiger partial charge in [0.1, 0.15) is 18.5 Å². The van der Waals surface area contributed by atoms with Crippen LogP contribution in [0.1, 0.15) is 11.6 Å². The molecule has 0 amide bonds. The van der Waals surface area contributed by atoms with Crippen molar-refractivity contribution in [3.05, 3.63) is 24.3 Å². The van der Waals surface area contributed by atoms with Crippen LogP contribution in [0.25, 0.3) is 0 Å². The van der Waals surface area contributed by atoms with Crippen molar-refractivity contribution in [2.24, 2.45) is 0 Å². The Balaban J connectivity index is 2.41. The number of aromatic nitrogens is 6. The maximum Gasteiger partial charge on any atom is 0.372 e. The van der Waals surface area contributed by atoms with E-state index in [0.717, 1.165) is 9.36 Å². The van der Waals surface area contributed by atoms with E-state index in [4.69, 9.17) is 34.8 Å². The predicted octanol–water partition coefficient (Wildman–Crippen LogP) is 1.52. The van der Waals surface area contributed by atoms with Crippen LogP contribution in [0.15, 0.2) is 12.7 Å². The van der Waals surface area contributed by atoms with Gasteiger partial charge in [-0.2, -0.15) is 14.5 Å². The zero-order valence-corrected chi connectivity index (χ0v) is 10.6. The Morgan fingerprint density at radius 1 is 1.41 bits per heavy atom. The van der Waals surface area contributed by atoms with Crippen LogP contribution in [0.3, 0.4) is 0 Å². The summed E-state index contributed by atoms with van der Waals surface area (Å²) in [6.45, 7) is 1.56. The third-order valence-corrected chi connectivity index (χ3v) is 2.33. The van der Waals surface area contributed by atoms with Gasteiger partial charge in [0.15, 0.2) is 0 Å². The molecule has 0 unspecified atom stereocenters. The summed E-state index contributed by atoms with van der Waals surface area (Å²) in [5.74, 6) is 0.209. The largest absolute Gasteiger partial charge is 0.372 e. The van der Waals surface area contributed by atoms with Gasteiger partial charge in [-0.3, -0.25) is 0 Å². The first-order chi connectivity index (χ1) is 7.89. The summed E-state index contributed by atoms with van der Waals surface area (Å²) in [6, 6.07) is -0.562. The van der Waals surface area contributed by atoms with E-state index in [0.29, 0.717) is 0 Å². The van der Waals surface area contributed by atoms with E-state index in [1.54, 1.807) is 6.92 Å². The highest BCUT2D eigenvalue weighted by atomic mass is 35.6. The van der Waals surface area contributed by atoms with Gasteiger partial charge < -0.3 is 0 Å². The van der Waals surface area contributed by atoms with Gasteiger partial charge in [-0.05, 0) is 6.92 Å². The molecule has 0 aliphatic heterocycles. The molecule has 7 nitrogen and oxygen atoms in total. The van der Waals surface area contributed by atoms with Gasteiger partial charge in [0.25, 0.3) is 3.79 Å². The zero-order chi connectivity index (χ0) is 12.6. The summed E-state index contributed by atoms with van der Waals surface area (Å²) < 4.78 is 0.189. The molecule has 0 atom stereocenters. The van der Waals surface area contributed by atoms with Crippen LogP contribution in [0.4, 0.5) is 4.79 Å². The first-order valence-electron chi connectivity index (χ1n) is 4.30. The molecule has 0 spiro atoms. The Morgan fingerprint density at radius 3 is 2.59 bits per heavy atom. The molecule has 0 bridgehead atoms. The molecule has 0 aliphatic carbocycles. The van der Waals surface area contributed by atoms with Gasteiger partial charge in [0.2, 0.25) is 5.82 Å². The number of hydrogen-bond donors (Lipinski definition) is 0. The van der Waals surface area contributed by atoms with Crippen molar-refractivity contribution >= 4 is 40.8 Å². The normalized spacial score (nSPS) is 11.8. The first kappa shape index (κ1) is 12.3. The average molecular weight is 296 g/mol. The lowest BCUT2D eigenvalue weighted by molar-refractivity contribution is 0.237. The van der Waals surface area contributed by atoms with Gasteiger partial charge in [0.05, 0.1) is 0 Å². The number of halogens is 3. The van der Waals surface area contributed by atoms with Crippen LogP contribution in [0.2, 0.25) is 0 Å². The number of nitrogens with zero attached hydrogens (tertiary/aromatic N) is 6. The van der Waals surface area contributed by atoms with E-state index < -0.39 is 9.82 Å². The monoisotopic (exact) mass is 294 g/mol. The molecule has 0 aliphatic rings. The third kappa shape index (κ3) is 2.41. The summed E-state index contributed by atoms with van der Waals surface area (Å²) in [7, 11) is 0. The minimum atomic E-state index is -1.78. The van der Waals surface area contributed by atoms with E-state index in [9.17, 15) is 4.79 Å². The molecule has 0 radical (unpaired) electrons. The van der Waals surface area contributed by atoms with Gasteiger partial charge in [0, 0.05) is 0 Å². The Morgan fingerprint density at radius 2 is 2.12 bits per heavy atom. The van der Waals surface area contributed by atoms with Gasteiger partial charge in [-0.25, -0.2) is 14.8 Å². The van der Waals surface area contributed by atoms with Crippen molar-refractivity contribution in [1.29, 1.82) is 0 Å². The zero-order valence-electron chi connectivity index (χ0n) is 8.38. The minimum absolute atomic E-state index is 0.0755. The van der Waals surface area contributed by atoms with Gasteiger partial charge in [-0.15, -0.1) is 5.10 Å². The second-order valence-electron chi connectivity index (χ2n) is 3.01. The maximum atomic E-state index is 11.9. The Hall–Kier alpha value is -1.18. The number of hydrogen-bond acceptors (Lipinski definition) is 5. The molecule has 90 valence electrons. The van der Waals surface area contributed by atoms with Crippen molar-refractivity contribution < 1.29 is 4.79 Å². The van der Waals surface area contributed by atoms with Crippen molar-refractivity contribution in [3.8, 4) is 0 Å². The number of aryl methyl sites for hydroxylation is 1. The highest BCUT2D eigenvalue weighted by Crippen LogP contribution is 2.35. The molecule has 2 rings (SSSR count). The molecule has 10 heteroatoms. The summed E-state index contributed by atoms with van der Waals surface area (Å²) in [5, 5.41) is 7.48. The highest BCUT2D eigenvalue weighted by molar-refractivity contribution is 6.66. The van der Waals surface area contributed by atoms with Crippen LogP contribution in [-0.2, 0) is 3.79 Å². The molecule has 2 aromatic rings. The van der Waals surface area contributed by atoms with E-state index in [1.165, 1.54) is 12.7 Å². The molecule has 0 saturated heterocycles. The molecule has 0 aromatic carbocycles. The molecular weight excluding hydrogens is 290 g/mol. The summed E-state index contributed by atoms with van der Waals surface area (Å²) >= 11 is 16.9. The summed E-state index contributed by atoms with van der Waals surface area (Å²) in [5.41, 5.74) is 0. The fraction of sp³-hybridized carbons (Fsp3) is 0.286. The van der Waals surface area contributed by atoms with Crippen molar-refractivity contribution in [1.82, 2.24) is 29.5 Å². The number of carbonyl (C=O) groups is 1. The Kier molecular flexibility index (Phi) is 3.07. The van der Waals surface area contributed by atoms with Crippen LogP contribution in [0, 0.1) is 6.92 Å². The molecule has 17 heavy (non-hydrogen) atoms. The average Bonchev–Trinajstić information content (AvgIpc) is 2.83. The fourth-order valence-electron chi connectivity index (χ4n) is 1.10. The minimum Gasteiger partial charge on any atom is -0.243 e. The van der Waals surface area contributed by atoms with Gasteiger partial charge in [-0.1, -0.05) is 34.8 Å². The summed E-state index contributed by atoms with van der Waals surface area (Å²) in [4.78, 5) is 19.4. The molecule has 0 fully saturated rings. The van der Waals surface area contributed by atoms with Crippen LogP contribution < -0.4 is 0 Å². The SMILES string of the molecule is Cc1nc(C(Cl)(Cl)Cl)nn1C(=O)n1cncn1. The molecule has 0 saturated carbocycles. The second kappa shape index (κ2) is 4.25. The van der Waals surface area contributed by atoms with Crippen molar-refractivity contribution in [3.63, 3.8) is 0 Å². The van der Waals surface area contributed by atoms with E-state index in [1.807, 2.05) is 0 Å². The Labute approximate surface area is 110 Å². The van der Waals surface area contributed by atoms with Gasteiger partial charge >= 0.3 is 6.03 Å². The topological polar surface area (TPSA) is 78.5 Å². The summed E-state index contributed by atoms with van der Waals surface area (Å²) in [6.07, 6.45) is 2.46. The number of alkyl halides is 3. The molecular formula is C7H5Cl3N6O. The van der Waals surface area contributed by atoms with Crippen molar-refractivity contribution in [2.75, 3.05) is 0 Å². The molecule has 0 N–H and O–H groups in total. The first-order valence-corrected chi connectivity index (χ1v) is 5.43. The molecule has 2 heterocycles. The van der Waals surface area contributed by atoms with E-state index in [2.05, 4.69) is 20.2 Å². The van der Waals surface area contributed by atoms with Crippen LogP contribution in [-0.4, -0.2) is 35.6 Å². The smallest absolute Gasteiger partial charge is 0.243 e. The standard InChI is InChI=1S/C7H5Cl3N6O/c1-4-13-5(7(8,9)10)14-16(4)6(17)15-3-11-2-12-15/h2-3H,1H3. The number of rotatable bonds is 0. The number of carbonyl (C=O) groups excluding carboxylic acids is 1. The highest BCUT2D eigenvalue weighted by Gasteiger charge is 2.30. The van der Waals surface area contributed by atoms with E-state index >= 15 is 0 Å². The maximum absolute atomic E-state index is 11.9. The van der Waals surface area contributed by atoms with Crippen LogP contribution >= 0.6 is 34.8 Å². The van der Waals surface area contributed by atoms with Crippen molar-refractivity contribution in [2.45, 2.75) is 10.7 Å². The van der Waals surface area contributed by atoms with Crippen LogP contribution in [0.5, 0.6) is 0 Å². The lowest BCUT2D eigenvalue weighted by Crippen LogP contribution is -2.22. The predicted molar refractivity (Wildman–Crippen MR) is 60.2 cm³/mol. The second-order valence-corrected chi connectivity index (χ2v) is 5.30. The quantitative estimate of drug-likeness (QED) is 0.689. The fourth-order valence-corrected chi connectivity index (χ4v) is 1.34. The van der Waals surface area contributed by atoms with E-state index in [-0.39, 0.29) is 11.6 Å². The lowest BCUT2D eigenvalue weighted by Gasteiger charge is -2.03. The molecule has 2 aromatic heterocycles. The lowest BCUT2D eigenvalue weighted by atomic mass is 10.6.